The molecule has 0 aliphatic rings. The summed E-state index contributed by atoms with van der Waals surface area (Å²) in [4.78, 5) is 21.6. The first-order valence-electron chi connectivity index (χ1n) is 5.29. The Morgan fingerprint density at radius 1 is 1.25 bits per heavy atom. The van der Waals surface area contributed by atoms with Crippen molar-refractivity contribution in [1.29, 1.82) is 0 Å². The zero-order valence-corrected chi connectivity index (χ0v) is 10.9. The van der Waals surface area contributed by atoms with Crippen molar-refractivity contribution in [3.63, 3.8) is 0 Å². The number of anilines is 1. The Kier molecular flexibility index (Phi) is 5.02. The first-order valence-corrected chi connectivity index (χ1v) is 6.83. The smallest absolute Gasteiger partial charge is 0.334 e. The minimum Gasteiger partial charge on any atom is -0.479 e. The van der Waals surface area contributed by atoms with Crippen molar-refractivity contribution >= 4 is 27.7 Å². The summed E-state index contributed by atoms with van der Waals surface area (Å²) in [7, 11) is -3.81. The number of aliphatic hydroxyl groups is 1. The van der Waals surface area contributed by atoms with Crippen LogP contribution in [-0.4, -0.2) is 43.3 Å². The normalized spacial score (nSPS) is 12.5. The summed E-state index contributed by atoms with van der Waals surface area (Å²) in [6.07, 6.45) is -1.70. The molecule has 0 bridgehead atoms. The third-order valence-corrected chi connectivity index (χ3v) is 3.11. The van der Waals surface area contributed by atoms with Gasteiger partial charge in [0.05, 0.1) is 11.4 Å². The van der Waals surface area contributed by atoms with Gasteiger partial charge >= 0.3 is 12.0 Å². The summed E-state index contributed by atoms with van der Waals surface area (Å²) in [6, 6.07) is 4.29. The van der Waals surface area contributed by atoms with Crippen LogP contribution < -0.4 is 15.8 Å². The maximum atomic E-state index is 11.4. The summed E-state index contributed by atoms with van der Waals surface area (Å²) in [5.74, 6) is -1.46. The Hall–Kier alpha value is -2.17. The summed E-state index contributed by atoms with van der Waals surface area (Å²) in [5.41, 5.74) is 0.278. The minimum absolute atomic E-state index is 0.107. The number of hydrogen-bond donors (Lipinski definition) is 5. The molecule has 0 fully saturated rings. The van der Waals surface area contributed by atoms with Crippen LogP contribution in [0, 0.1) is 0 Å². The Bertz CT molecular complexity index is 598. The van der Waals surface area contributed by atoms with Crippen LogP contribution in [-0.2, 0) is 14.8 Å². The highest BCUT2D eigenvalue weighted by molar-refractivity contribution is 7.89. The van der Waals surface area contributed by atoms with Gasteiger partial charge in [-0.05, 0) is 24.3 Å². The molecule has 1 rings (SSSR count). The Morgan fingerprint density at radius 2 is 1.80 bits per heavy atom. The molecule has 0 radical (unpaired) electrons. The number of carboxylic acid groups (broad SMARTS) is 1. The SMILES string of the molecule is NS(=O)(=O)c1ccc(NC(=O)NC[C@H](O)C(=O)O)cc1. The second-order valence-corrected chi connectivity index (χ2v) is 5.32. The molecule has 20 heavy (non-hydrogen) atoms. The fourth-order valence-corrected chi connectivity index (χ4v) is 1.70. The maximum absolute atomic E-state index is 11.4. The highest BCUT2D eigenvalue weighted by atomic mass is 32.2. The zero-order valence-electron chi connectivity index (χ0n) is 10.1. The lowest BCUT2D eigenvalue weighted by atomic mass is 10.3. The summed E-state index contributed by atoms with van der Waals surface area (Å²) >= 11 is 0. The third kappa shape index (κ3) is 4.84. The average Bonchev–Trinajstić information content (AvgIpc) is 2.35. The first kappa shape index (κ1) is 15.9. The zero-order chi connectivity index (χ0) is 15.3. The number of rotatable bonds is 5. The molecule has 2 amide bonds. The van der Waals surface area contributed by atoms with Crippen LogP contribution in [0.1, 0.15) is 0 Å². The third-order valence-electron chi connectivity index (χ3n) is 2.18. The van der Waals surface area contributed by atoms with Gasteiger partial charge in [-0.15, -0.1) is 0 Å². The second-order valence-electron chi connectivity index (χ2n) is 3.76. The van der Waals surface area contributed by atoms with E-state index in [1.807, 2.05) is 0 Å². The van der Waals surface area contributed by atoms with Gasteiger partial charge in [0.2, 0.25) is 10.0 Å². The first-order chi connectivity index (χ1) is 9.20. The highest BCUT2D eigenvalue weighted by Gasteiger charge is 2.14. The molecule has 9 nitrogen and oxygen atoms in total. The van der Waals surface area contributed by atoms with E-state index in [0.717, 1.165) is 0 Å². The Balaban J connectivity index is 2.57. The van der Waals surface area contributed by atoms with Crippen molar-refractivity contribution in [1.82, 2.24) is 5.32 Å². The largest absolute Gasteiger partial charge is 0.479 e. The molecular weight excluding hydrogens is 290 g/mol. The number of nitrogens with two attached hydrogens (primary N) is 1. The predicted octanol–water partition coefficient (Wildman–Crippen LogP) is -1.10. The molecule has 0 heterocycles. The molecular formula is C10H13N3O6S. The van der Waals surface area contributed by atoms with Gasteiger partial charge in [-0.25, -0.2) is 23.1 Å². The minimum atomic E-state index is -3.81. The van der Waals surface area contributed by atoms with Crippen molar-refractivity contribution in [2.24, 2.45) is 5.14 Å². The number of urea groups is 1. The molecule has 0 saturated heterocycles. The Morgan fingerprint density at radius 3 is 2.25 bits per heavy atom. The van der Waals surface area contributed by atoms with Gasteiger partial charge < -0.3 is 20.8 Å². The van der Waals surface area contributed by atoms with Crippen LogP contribution >= 0.6 is 0 Å². The number of amides is 2. The van der Waals surface area contributed by atoms with Crippen LogP contribution in [0.4, 0.5) is 10.5 Å². The van der Waals surface area contributed by atoms with Gasteiger partial charge in [0.25, 0.3) is 0 Å². The molecule has 0 unspecified atom stereocenters. The number of benzene rings is 1. The number of carboxylic acids is 1. The topological polar surface area (TPSA) is 159 Å². The quantitative estimate of drug-likeness (QED) is 0.464. The van der Waals surface area contributed by atoms with Crippen LogP contribution in [0.25, 0.3) is 0 Å². The van der Waals surface area contributed by atoms with Crippen LogP contribution in [0.2, 0.25) is 0 Å². The maximum Gasteiger partial charge on any atom is 0.334 e. The van der Waals surface area contributed by atoms with E-state index in [-0.39, 0.29) is 10.6 Å². The lowest BCUT2D eigenvalue weighted by Crippen LogP contribution is -2.38. The monoisotopic (exact) mass is 303 g/mol. The van der Waals surface area contributed by atoms with E-state index >= 15 is 0 Å². The molecule has 0 aromatic heterocycles. The van der Waals surface area contributed by atoms with Gasteiger partial charge in [0.15, 0.2) is 6.10 Å². The molecule has 1 aromatic carbocycles. The van der Waals surface area contributed by atoms with Crippen molar-refractivity contribution < 1.29 is 28.2 Å². The summed E-state index contributed by atoms with van der Waals surface area (Å²) < 4.78 is 22.0. The van der Waals surface area contributed by atoms with E-state index in [9.17, 15) is 18.0 Å². The lowest BCUT2D eigenvalue weighted by Gasteiger charge is -2.09. The predicted molar refractivity (Wildman–Crippen MR) is 68.5 cm³/mol. The molecule has 0 aliphatic carbocycles. The van der Waals surface area contributed by atoms with Crippen molar-refractivity contribution in [3.05, 3.63) is 24.3 Å². The molecule has 10 heteroatoms. The van der Waals surface area contributed by atoms with Crippen LogP contribution in [0.5, 0.6) is 0 Å². The van der Waals surface area contributed by atoms with Gasteiger partial charge in [-0.3, -0.25) is 0 Å². The fraction of sp³-hybridized carbons (Fsp3) is 0.200. The number of carbonyl (C=O) groups excluding carboxylic acids is 1. The molecule has 110 valence electrons. The van der Waals surface area contributed by atoms with Crippen molar-refractivity contribution in [2.45, 2.75) is 11.0 Å². The average molecular weight is 303 g/mol. The molecule has 0 aliphatic heterocycles. The Labute approximate surface area is 114 Å². The fourth-order valence-electron chi connectivity index (χ4n) is 1.18. The highest BCUT2D eigenvalue weighted by Crippen LogP contribution is 2.12. The van der Waals surface area contributed by atoms with E-state index in [0.29, 0.717) is 0 Å². The molecule has 0 spiro atoms. The number of aliphatic hydroxyl groups excluding tert-OH is 1. The van der Waals surface area contributed by atoms with E-state index in [1.165, 1.54) is 24.3 Å². The summed E-state index contributed by atoms with van der Waals surface area (Å²) in [6.45, 7) is -0.462. The summed E-state index contributed by atoms with van der Waals surface area (Å²) in [5, 5.41) is 26.7. The number of sulfonamides is 1. The van der Waals surface area contributed by atoms with Crippen LogP contribution in [0.3, 0.4) is 0 Å². The van der Waals surface area contributed by atoms with Gasteiger partial charge in [0, 0.05) is 5.69 Å². The number of carbonyl (C=O) groups is 2. The molecule has 1 atom stereocenters. The number of hydrogen-bond acceptors (Lipinski definition) is 5. The van der Waals surface area contributed by atoms with E-state index in [1.54, 1.807) is 0 Å². The van der Waals surface area contributed by atoms with Crippen molar-refractivity contribution in [2.75, 3.05) is 11.9 Å². The van der Waals surface area contributed by atoms with E-state index < -0.39 is 34.7 Å². The molecule has 6 N–H and O–H groups in total. The standard InChI is InChI=1S/C10H13N3O6S/c11-20(18,19)7-3-1-6(2-4-7)13-10(17)12-5-8(14)9(15)16/h1-4,8,14H,5H2,(H,15,16)(H2,11,18,19)(H2,12,13,17)/t8-/m0/s1. The molecule has 0 saturated carbocycles. The number of aliphatic carboxylic acids is 1. The van der Waals surface area contributed by atoms with E-state index in [2.05, 4.69) is 10.6 Å². The molecule has 1 aromatic rings. The van der Waals surface area contributed by atoms with Crippen molar-refractivity contribution in [3.8, 4) is 0 Å². The van der Waals surface area contributed by atoms with Gasteiger partial charge in [-0.2, -0.15) is 0 Å². The van der Waals surface area contributed by atoms with Gasteiger partial charge in [-0.1, -0.05) is 0 Å². The van der Waals surface area contributed by atoms with E-state index in [4.69, 9.17) is 15.4 Å². The second kappa shape index (κ2) is 6.32. The lowest BCUT2D eigenvalue weighted by molar-refractivity contribution is -0.146. The number of nitrogens with one attached hydrogen (secondary N) is 2. The number of primary sulfonamides is 1. The van der Waals surface area contributed by atoms with Crippen LogP contribution in [0.15, 0.2) is 29.2 Å². The van der Waals surface area contributed by atoms with Gasteiger partial charge in [0.1, 0.15) is 0 Å².